The van der Waals surface area contributed by atoms with E-state index in [1.54, 1.807) is 0 Å². The summed E-state index contributed by atoms with van der Waals surface area (Å²) in [7, 11) is 0. The van der Waals surface area contributed by atoms with Crippen LogP contribution in [0.3, 0.4) is 0 Å². The predicted octanol–water partition coefficient (Wildman–Crippen LogP) is 2.65. The van der Waals surface area contributed by atoms with Gasteiger partial charge in [0.05, 0.1) is 6.20 Å². The highest BCUT2D eigenvalue weighted by atomic mass is 19.1. The fourth-order valence-corrected chi connectivity index (χ4v) is 1.66. The van der Waals surface area contributed by atoms with Crippen molar-refractivity contribution in [2.24, 2.45) is 0 Å². The Bertz CT molecular complexity index is 378. The lowest BCUT2D eigenvalue weighted by molar-refractivity contribution is 0.113. The minimum atomic E-state index is -0.313. The van der Waals surface area contributed by atoms with Crippen LogP contribution in [0, 0.1) is 5.82 Å². The summed E-state index contributed by atoms with van der Waals surface area (Å²) in [4.78, 5) is 4.04. The standard InChI is InChI=1S/C13H19FN2O/c1-9(2)15-7-10-6-11(14)8-16-13(10)17-12-4-3-5-12/h6,8-9,12,15H,3-5,7H2,1-2H3. The summed E-state index contributed by atoms with van der Waals surface area (Å²) in [5.41, 5.74) is 0.797. The van der Waals surface area contributed by atoms with Crippen LogP contribution in [-0.4, -0.2) is 17.1 Å². The Morgan fingerprint density at radius 2 is 2.29 bits per heavy atom. The van der Waals surface area contributed by atoms with Gasteiger partial charge in [-0.25, -0.2) is 9.37 Å². The van der Waals surface area contributed by atoms with Crippen molar-refractivity contribution in [2.45, 2.75) is 51.8 Å². The Hall–Kier alpha value is -1.16. The summed E-state index contributed by atoms with van der Waals surface area (Å²) in [6, 6.07) is 1.85. The highest BCUT2D eigenvalue weighted by Gasteiger charge is 2.21. The van der Waals surface area contributed by atoms with E-state index in [-0.39, 0.29) is 11.9 Å². The van der Waals surface area contributed by atoms with Crippen molar-refractivity contribution < 1.29 is 9.13 Å². The van der Waals surface area contributed by atoms with Crippen LogP contribution in [0.15, 0.2) is 12.3 Å². The van der Waals surface area contributed by atoms with Crippen LogP contribution in [0.25, 0.3) is 0 Å². The molecule has 1 heterocycles. The predicted molar refractivity (Wildman–Crippen MR) is 64.4 cm³/mol. The molecule has 4 heteroatoms. The fraction of sp³-hybridized carbons (Fsp3) is 0.615. The van der Waals surface area contributed by atoms with Crippen molar-refractivity contribution in [1.82, 2.24) is 10.3 Å². The quantitative estimate of drug-likeness (QED) is 0.856. The molecule has 1 aromatic rings. The normalized spacial score (nSPS) is 16.0. The van der Waals surface area contributed by atoms with Crippen LogP contribution >= 0.6 is 0 Å². The van der Waals surface area contributed by atoms with Crippen molar-refractivity contribution in [3.8, 4) is 5.88 Å². The maximum absolute atomic E-state index is 13.2. The molecule has 0 saturated heterocycles. The molecule has 0 unspecified atom stereocenters. The summed E-state index contributed by atoms with van der Waals surface area (Å²) in [5.74, 6) is 0.260. The van der Waals surface area contributed by atoms with E-state index in [0.717, 1.165) is 18.4 Å². The van der Waals surface area contributed by atoms with Gasteiger partial charge in [-0.15, -0.1) is 0 Å². The molecule has 17 heavy (non-hydrogen) atoms. The Kier molecular flexibility index (Phi) is 3.94. The van der Waals surface area contributed by atoms with Crippen molar-refractivity contribution in [3.05, 3.63) is 23.6 Å². The first-order valence-electron chi connectivity index (χ1n) is 6.19. The van der Waals surface area contributed by atoms with E-state index in [4.69, 9.17) is 4.74 Å². The van der Waals surface area contributed by atoms with E-state index in [2.05, 4.69) is 24.1 Å². The third-order valence-electron chi connectivity index (χ3n) is 2.92. The lowest BCUT2D eigenvalue weighted by Crippen LogP contribution is -2.27. The van der Waals surface area contributed by atoms with Gasteiger partial charge >= 0.3 is 0 Å². The second kappa shape index (κ2) is 5.45. The molecule has 1 aliphatic rings. The molecule has 0 radical (unpaired) electrons. The van der Waals surface area contributed by atoms with Gasteiger partial charge in [0, 0.05) is 18.2 Å². The number of rotatable bonds is 5. The number of halogens is 1. The van der Waals surface area contributed by atoms with Gasteiger partial charge in [-0.3, -0.25) is 0 Å². The highest BCUT2D eigenvalue weighted by molar-refractivity contribution is 5.26. The minimum Gasteiger partial charge on any atom is -0.474 e. The number of pyridine rings is 1. The summed E-state index contributed by atoms with van der Waals surface area (Å²) in [5, 5.41) is 3.25. The second-order valence-electron chi connectivity index (χ2n) is 4.82. The van der Waals surface area contributed by atoms with Crippen molar-refractivity contribution in [2.75, 3.05) is 0 Å². The molecule has 0 atom stereocenters. The molecular weight excluding hydrogens is 219 g/mol. The van der Waals surface area contributed by atoms with Crippen LogP contribution in [-0.2, 0) is 6.54 Å². The smallest absolute Gasteiger partial charge is 0.218 e. The van der Waals surface area contributed by atoms with E-state index in [1.165, 1.54) is 18.7 Å². The largest absolute Gasteiger partial charge is 0.474 e. The molecule has 0 spiro atoms. The molecule has 1 aromatic heterocycles. The number of hydrogen-bond donors (Lipinski definition) is 1. The van der Waals surface area contributed by atoms with E-state index < -0.39 is 0 Å². The summed E-state index contributed by atoms with van der Waals surface area (Å²) >= 11 is 0. The molecule has 1 aliphatic carbocycles. The first-order chi connectivity index (χ1) is 8.15. The van der Waals surface area contributed by atoms with Gasteiger partial charge in [0.15, 0.2) is 0 Å². The summed E-state index contributed by atoms with van der Waals surface area (Å²) in [6.45, 7) is 4.70. The monoisotopic (exact) mass is 238 g/mol. The zero-order chi connectivity index (χ0) is 12.3. The van der Waals surface area contributed by atoms with Crippen LogP contribution in [0.1, 0.15) is 38.7 Å². The first-order valence-corrected chi connectivity index (χ1v) is 6.19. The van der Waals surface area contributed by atoms with E-state index in [9.17, 15) is 4.39 Å². The zero-order valence-corrected chi connectivity index (χ0v) is 10.4. The van der Waals surface area contributed by atoms with Crippen molar-refractivity contribution >= 4 is 0 Å². The van der Waals surface area contributed by atoms with Crippen molar-refractivity contribution in [1.29, 1.82) is 0 Å². The molecular formula is C13H19FN2O. The first kappa shape index (κ1) is 12.3. The highest BCUT2D eigenvalue weighted by Crippen LogP contribution is 2.26. The number of ether oxygens (including phenoxy) is 1. The van der Waals surface area contributed by atoms with Gasteiger partial charge in [0.2, 0.25) is 5.88 Å². The molecule has 1 fully saturated rings. The lowest BCUT2D eigenvalue weighted by atomic mass is 9.96. The average molecular weight is 238 g/mol. The van der Waals surface area contributed by atoms with Gasteiger partial charge in [0.1, 0.15) is 11.9 Å². The Morgan fingerprint density at radius 3 is 2.88 bits per heavy atom. The molecule has 0 aromatic carbocycles. The summed E-state index contributed by atoms with van der Waals surface area (Å²) in [6.07, 6.45) is 4.86. The molecule has 94 valence electrons. The maximum atomic E-state index is 13.2. The third-order valence-corrected chi connectivity index (χ3v) is 2.92. The van der Waals surface area contributed by atoms with Crippen molar-refractivity contribution in [3.63, 3.8) is 0 Å². The minimum absolute atomic E-state index is 0.269. The van der Waals surface area contributed by atoms with Gasteiger partial charge < -0.3 is 10.1 Å². The van der Waals surface area contributed by atoms with Crippen LogP contribution in [0.5, 0.6) is 5.88 Å². The Balaban J connectivity index is 2.06. The summed E-state index contributed by atoms with van der Waals surface area (Å²) < 4.78 is 18.9. The van der Waals surface area contributed by atoms with E-state index >= 15 is 0 Å². The maximum Gasteiger partial charge on any atom is 0.218 e. The van der Waals surface area contributed by atoms with Crippen LogP contribution in [0.2, 0.25) is 0 Å². The third kappa shape index (κ3) is 3.40. The lowest BCUT2D eigenvalue weighted by Gasteiger charge is -2.26. The van der Waals surface area contributed by atoms with Crippen LogP contribution < -0.4 is 10.1 Å². The van der Waals surface area contributed by atoms with Crippen LogP contribution in [0.4, 0.5) is 4.39 Å². The second-order valence-corrected chi connectivity index (χ2v) is 4.82. The molecule has 0 aliphatic heterocycles. The molecule has 1 N–H and O–H groups in total. The number of nitrogens with one attached hydrogen (secondary N) is 1. The number of hydrogen-bond acceptors (Lipinski definition) is 3. The Morgan fingerprint density at radius 1 is 1.53 bits per heavy atom. The van der Waals surface area contributed by atoms with E-state index in [0.29, 0.717) is 18.5 Å². The molecule has 3 nitrogen and oxygen atoms in total. The zero-order valence-electron chi connectivity index (χ0n) is 10.4. The van der Waals surface area contributed by atoms with Gasteiger partial charge in [-0.1, -0.05) is 13.8 Å². The number of nitrogens with zero attached hydrogens (tertiary/aromatic N) is 1. The van der Waals surface area contributed by atoms with Gasteiger partial charge in [-0.2, -0.15) is 0 Å². The SMILES string of the molecule is CC(C)NCc1cc(F)cnc1OC1CCC1. The topological polar surface area (TPSA) is 34.2 Å². The molecule has 2 rings (SSSR count). The molecule has 0 amide bonds. The van der Waals surface area contributed by atoms with E-state index in [1.807, 2.05) is 0 Å². The van der Waals surface area contributed by atoms with Gasteiger partial charge in [0.25, 0.3) is 0 Å². The number of aromatic nitrogens is 1. The fourth-order valence-electron chi connectivity index (χ4n) is 1.66. The molecule has 0 bridgehead atoms. The molecule has 1 saturated carbocycles. The Labute approximate surface area is 101 Å². The van der Waals surface area contributed by atoms with Gasteiger partial charge in [-0.05, 0) is 25.3 Å². The average Bonchev–Trinajstić information content (AvgIpc) is 2.22.